The quantitative estimate of drug-likeness (QED) is 0.778. The summed E-state index contributed by atoms with van der Waals surface area (Å²) in [7, 11) is 1.47. The van der Waals surface area contributed by atoms with Crippen molar-refractivity contribution < 1.29 is 14.6 Å². The molecule has 0 bridgehead atoms. The molecule has 0 amide bonds. The van der Waals surface area contributed by atoms with Gasteiger partial charge in [0.15, 0.2) is 0 Å². The first kappa shape index (κ1) is 19.4. The van der Waals surface area contributed by atoms with Crippen molar-refractivity contribution in [3.05, 3.63) is 70.7 Å². The summed E-state index contributed by atoms with van der Waals surface area (Å²) in [6, 6.07) is 17.4. The molecule has 2 atom stereocenters. The van der Waals surface area contributed by atoms with Gasteiger partial charge in [-0.15, -0.1) is 0 Å². The van der Waals surface area contributed by atoms with Gasteiger partial charge in [-0.1, -0.05) is 54.1 Å². The van der Waals surface area contributed by atoms with Crippen molar-refractivity contribution in [2.45, 2.75) is 30.3 Å². The summed E-state index contributed by atoms with van der Waals surface area (Å²) in [5, 5.41) is 11.7. The van der Waals surface area contributed by atoms with Gasteiger partial charge in [0.2, 0.25) is 0 Å². The number of aliphatic hydroxyl groups is 1. The lowest BCUT2D eigenvalue weighted by molar-refractivity contribution is -0.144. The summed E-state index contributed by atoms with van der Waals surface area (Å²) in [6.45, 7) is 2.46. The number of piperidine rings is 1. The zero-order valence-electron chi connectivity index (χ0n) is 16.1. The van der Waals surface area contributed by atoms with Gasteiger partial charge in [0.25, 0.3) is 0 Å². The molecule has 28 heavy (non-hydrogen) atoms. The largest absolute Gasteiger partial charge is 0.468 e. The molecule has 0 radical (unpaired) electrons. The molecular formula is C23H26ClNO3. The molecule has 1 saturated carbocycles. The lowest BCUT2D eigenvalue weighted by Crippen LogP contribution is -2.44. The second-order valence-corrected chi connectivity index (χ2v) is 8.51. The smallest absolute Gasteiger partial charge is 0.316 e. The van der Waals surface area contributed by atoms with Crippen molar-refractivity contribution in [3.63, 3.8) is 0 Å². The third kappa shape index (κ3) is 3.45. The van der Waals surface area contributed by atoms with Crippen molar-refractivity contribution in [2.24, 2.45) is 5.92 Å². The van der Waals surface area contributed by atoms with E-state index in [4.69, 9.17) is 16.3 Å². The molecule has 4 nitrogen and oxygen atoms in total. The minimum atomic E-state index is -0.802. The molecule has 5 heteroatoms. The van der Waals surface area contributed by atoms with E-state index in [0.717, 1.165) is 37.2 Å². The van der Waals surface area contributed by atoms with Crippen LogP contribution in [0.1, 0.15) is 30.4 Å². The number of carbonyl (C=O) groups is 1. The van der Waals surface area contributed by atoms with Crippen LogP contribution in [-0.4, -0.2) is 42.7 Å². The normalized spacial score (nSPS) is 26.6. The van der Waals surface area contributed by atoms with Crippen LogP contribution in [0, 0.1) is 5.92 Å². The van der Waals surface area contributed by atoms with Gasteiger partial charge in [-0.05, 0) is 48.4 Å². The van der Waals surface area contributed by atoms with Crippen LogP contribution in [0.4, 0.5) is 0 Å². The Morgan fingerprint density at radius 2 is 1.75 bits per heavy atom. The average molecular weight is 400 g/mol. The summed E-state index contributed by atoms with van der Waals surface area (Å²) in [5.41, 5.74) is 0.654. The molecule has 0 aromatic heterocycles. The topological polar surface area (TPSA) is 49.8 Å². The summed E-state index contributed by atoms with van der Waals surface area (Å²) >= 11 is 5.97. The highest BCUT2D eigenvalue weighted by molar-refractivity contribution is 6.30. The number of methoxy groups -OCH3 is 1. The van der Waals surface area contributed by atoms with Crippen LogP contribution in [0.2, 0.25) is 5.02 Å². The van der Waals surface area contributed by atoms with Gasteiger partial charge in [-0.25, -0.2) is 0 Å². The number of hydrogen-bond donors (Lipinski definition) is 1. The van der Waals surface area contributed by atoms with Crippen LogP contribution in [0.3, 0.4) is 0 Å². The Hall–Kier alpha value is -1.88. The van der Waals surface area contributed by atoms with Crippen molar-refractivity contribution >= 4 is 17.6 Å². The number of rotatable bonds is 5. The number of hydrogen-bond acceptors (Lipinski definition) is 4. The molecule has 2 aromatic rings. The third-order valence-corrected chi connectivity index (χ3v) is 6.74. The Balaban J connectivity index is 1.41. The molecule has 2 aromatic carbocycles. The van der Waals surface area contributed by atoms with E-state index in [2.05, 4.69) is 4.90 Å². The first-order chi connectivity index (χ1) is 13.5. The van der Waals surface area contributed by atoms with Crippen molar-refractivity contribution in [1.82, 2.24) is 4.90 Å². The van der Waals surface area contributed by atoms with E-state index in [1.54, 1.807) is 0 Å². The maximum Gasteiger partial charge on any atom is 0.316 e. The fourth-order valence-corrected chi connectivity index (χ4v) is 4.78. The Bertz CT molecular complexity index is 831. The number of likely N-dealkylation sites (tertiary alicyclic amines) is 1. The maximum absolute atomic E-state index is 12.6. The van der Waals surface area contributed by atoms with Crippen LogP contribution >= 0.6 is 11.6 Å². The van der Waals surface area contributed by atoms with Crippen LogP contribution in [0.15, 0.2) is 54.6 Å². The van der Waals surface area contributed by atoms with Gasteiger partial charge in [0, 0.05) is 24.7 Å². The molecule has 1 saturated heterocycles. The lowest BCUT2D eigenvalue weighted by atomic mass is 9.84. The highest BCUT2D eigenvalue weighted by Crippen LogP contribution is 2.55. The zero-order valence-corrected chi connectivity index (χ0v) is 16.9. The van der Waals surface area contributed by atoms with Crippen molar-refractivity contribution in [1.29, 1.82) is 0 Å². The molecule has 0 unspecified atom stereocenters. The summed E-state index contributed by atoms with van der Waals surface area (Å²) in [4.78, 5) is 14.9. The summed E-state index contributed by atoms with van der Waals surface area (Å²) in [6.07, 6.45) is 2.18. The van der Waals surface area contributed by atoms with Crippen LogP contribution in [0.25, 0.3) is 0 Å². The number of ether oxygens (including phenoxy) is 1. The highest BCUT2D eigenvalue weighted by Gasteiger charge is 2.62. The van der Waals surface area contributed by atoms with Crippen molar-refractivity contribution in [2.75, 3.05) is 26.7 Å². The molecule has 148 valence electrons. The number of carbonyl (C=O) groups excluding carboxylic acids is 1. The predicted octanol–water partition coefficient (Wildman–Crippen LogP) is 3.75. The van der Waals surface area contributed by atoms with Gasteiger partial charge in [0.05, 0.1) is 18.1 Å². The fraction of sp³-hybridized carbons (Fsp3) is 0.435. The SMILES string of the molecule is COC(=O)[C@]1(c2ccccc2)C[C@@H]1CN1CCC(O)(c2ccc(Cl)cc2)CC1. The number of halogens is 1. The number of nitrogens with zero attached hydrogens (tertiary/aromatic N) is 1. The first-order valence-electron chi connectivity index (χ1n) is 9.83. The minimum Gasteiger partial charge on any atom is -0.468 e. The lowest BCUT2D eigenvalue weighted by Gasteiger charge is -2.39. The van der Waals surface area contributed by atoms with Gasteiger partial charge >= 0.3 is 5.97 Å². The second kappa shape index (κ2) is 7.51. The Kier molecular flexibility index (Phi) is 5.21. The molecule has 1 aliphatic heterocycles. The van der Waals surface area contributed by atoms with Gasteiger partial charge in [0.1, 0.15) is 0 Å². The average Bonchev–Trinajstić information content (AvgIpc) is 3.45. The Morgan fingerprint density at radius 3 is 2.36 bits per heavy atom. The van der Waals surface area contributed by atoms with Crippen LogP contribution in [0.5, 0.6) is 0 Å². The molecule has 1 aliphatic carbocycles. The highest BCUT2D eigenvalue weighted by atomic mass is 35.5. The van der Waals surface area contributed by atoms with Gasteiger partial charge in [-0.3, -0.25) is 4.79 Å². The zero-order chi connectivity index (χ0) is 19.8. The number of esters is 1. The van der Waals surface area contributed by atoms with E-state index in [0.29, 0.717) is 17.9 Å². The first-order valence-corrected chi connectivity index (χ1v) is 10.2. The van der Waals surface area contributed by atoms with E-state index < -0.39 is 11.0 Å². The Labute approximate surface area is 171 Å². The van der Waals surface area contributed by atoms with Crippen molar-refractivity contribution in [3.8, 4) is 0 Å². The van der Waals surface area contributed by atoms with Crippen LogP contribution in [-0.2, 0) is 20.5 Å². The molecule has 1 heterocycles. The molecule has 2 aliphatic rings. The minimum absolute atomic E-state index is 0.140. The summed E-state index contributed by atoms with van der Waals surface area (Å²) in [5.74, 6) is 0.113. The van der Waals surface area contributed by atoms with E-state index in [1.807, 2.05) is 54.6 Å². The van der Waals surface area contributed by atoms with Gasteiger partial charge in [-0.2, -0.15) is 0 Å². The Morgan fingerprint density at radius 1 is 1.11 bits per heavy atom. The van der Waals surface area contributed by atoms with E-state index >= 15 is 0 Å². The molecule has 2 fully saturated rings. The summed E-state index contributed by atoms with van der Waals surface area (Å²) < 4.78 is 5.14. The van der Waals surface area contributed by atoms with E-state index in [1.165, 1.54) is 7.11 Å². The molecule has 1 N–H and O–H groups in total. The predicted molar refractivity (Wildman–Crippen MR) is 109 cm³/mol. The van der Waals surface area contributed by atoms with Crippen LogP contribution < -0.4 is 0 Å². The third-order valence-electron chi connectivity index (χ3n) is 6.49. The molecule has 0 spiro atoms. The second-order valence-electron chi connectivity index (χ2n) is 8.07. The standard InChI is InChI=1S/C23H26ClNO3/c1-28-21(26)23(18-5-3-2-4-6-18)15-19(23)16-25-13-11-22(27,12-14-25)17-7-9-20(24)10-8-17/h2-10,19,27H,11-16H2,1H3/t19-,23+/m1/s1. The molecule has 4 rings (SSSR count). The fourth-order valence-electron chi connectivity index (χ4n) is 4.66. The number of benzene rings is 2. The van der Waals surface area contributed by atoms with Gasteiger partial charge < -0.3 is 14.7 Å². The monoisotopic (exact) mass is 399 g/mol. The molecular weight excluding hydrogens is 374 g/mol. The van der Waals surface area contributed by atoms with E-state index in [9.17, 15) is 9.90 Å². The maximum atomic E-state index is 12.6. The van der Waals surface area contributed by atoms with E-state index in [-0.39, 0.29) is 11.9 Å².